The van der Waals surface area contributed by atoms with Gasteiger partial charge in [-0.2, -0.15) is 0 Å². The molecule has 0 aliphatic heterocycles. The third-order valence-electron chi connectivity index (χ3n) is 1.18. The zero-order valence-electron chi connectivity index (χ0n) is 10.3. The first-order valence-electron chi connectivity index (χ1n) is 4.53. The minimum atomic E-state index is -0.0775. The molecular weight excluding hydrogens is 216 g/mol. The highest BCUT2D eigenvalue weighted by molar-refractivity contribution is 5.73. The minimum absolute atomic E-state index is 0. The Morgan fingerprint density at radius 2 is 1.18 bits per heavy atom. The van der Waals surface area contributed by atoms with Gasteiger partial charge in [0.05, 0.1) is 0 Å². The molecule has 0 aromatic rings. The molecule has 0 aliphatic carbocycles. The normalized spacial score (nSPS) is 7.94. The summed E-state index contributed by atoms with van der Waals surface area (Å²) in [6.07, 6.45) is 0. The van der Waals surface area contributed by atoms with Gasteiger partial charge in [-0.15, -0.1) is 0 Å². The van der Waals surface area contributed by atoms with Crippen LogP contribution in [0.5, 0.6) is 0 Å². The monoisotopic (exact) mass is 250 g/mol. The lowest BCUT2D eigenvalue weighted by Gasteiger charge is -2.18. The molecule has 0 fully saturated rings. The van der Waals surface area contributed by atoms with E-state index in [0.717, 1.165) is 0 Å². The van der Waals surface area contributed by atoms with Crippen molar-refractivity contribution in [2.45, 2.75) is 62.4 Å². The van der Waals surface area contributed by atoms with E-state index in [1.807, 2.05) is 20.8 Å². The first-order valence-corrected chi connectivity index (χ1v) is 4.53. The van der Waals surface area contributed by atoms with Crippen molar-refractivity contribution in [1.82, 2.24) is 10.2 Å². The molecular formula is C13H34N2O2. The number of nitrogens with zero attached hydrogens (tertiary/aromatic N) is 1. The number of amides is 2. The fourth-order valence-corrected chi connectivity index (χ4v) is 0.528. The van der Waals surface area contributed by atoms with Crippen LogP contribution in [0.2, 0.25) is 0 Å². The molecule has 2 amide bonds. The maximum absolute atomic E-state index is 10.3. The first-order chi connectivity index (χ1) is 6.06. The third-order valence-corrected chi connectivity index (χ3v) is 1.18. The number of nitrogens with one attached hydrogen (secondary N) is 1. The van der Waals surface area contributed by atoms with Crippen LogP contribution in [0.25, 0.3) is 0 Å². The van der Waals surface area contributed by atoms with Crippen molar-refractivity contribution in [2.24, 2.45) is 0 Å². The van der Waals surface area contributed by atoms with Crippen molar-refractivity contribution in [3.8, 4) is 0 Å². The molecule has 0 aromatic heterocycles. The standard InChI is InChI=1S/C6H13NO.C4H9NO.3CH4/c1-5(8)7-6(2,3)4;1-4(6)5(2)3;;;/h1-4H3,(H,7,8);1-3H3;3*1H4. The molecule has 0 spiro atoms. The van der Waals surface area contributed by atoms with Crippen molar-refractivity contribution in [3.05, 3.63) is 0 Å². The second kappa shape index (κ2) is 13.0. The van der Waals surface area contributed by atoms with Crippen molar-refractivity contribution < 1.29 is 9.59 Å². The van der Waals surface area contributed by atoms with Gasteiger partial charge in [-0.25, -0.2) is 0 Å². The molecule has 0 aliphatic rings. The molecule has 108 valence electrons. The topological polar surface area (TPSA) is 49.4 Å². The van der Waals surface area contributed by atoms with Gasteiger partial charge in [0.1, 0.15) is 0 Å². The molecule has 4 heteroatoms. The van der Waals surface area contributed by atoms with Gasteiger partial charge in [-0.05, 0) is 20.8 Å². The summed E-state index contributed by atoms with van der Waals surface area (Å²) in [6.45, 7) is 8.91. The van der Waals surface area contributed by atoms with Crippen molar-refractivity contribution >= 4 is 11.8 Å². The summed E-state index contributed by atoms with van der Waals surface area (Å²) in [6, 6.07) is 0. The van der Waals surface area contributed by atoms with Crippen molar-refractivity contribution in [3.63, 3.8) is 0 Å². The maximum atomic E-state index is 10.3. The molecule has 0 atom stereocenters. The summed E-state index contributed by atoms with van der Waals surface area (Å²) < 4.78 is 0. The quantitative estimate of drug-likeness (QED) is 0.718. The van der Waals surface area contributed by atoms with E-state index in [4.69, 9.17) is 0 Å². The lowest BCUT2D eigenvalue weighted by atomic mass is 10.1. The highest BCUT2D eigenvalue weighted by Crippen LogP contribution is 1.96. The van der Waals surface area contributed by atoms with Crippen LogP contribution in [-0.4, -0.2) is 36.3 Å². The van der Waals surface area contributed by atoms with E-state index in [1.165, 1.54) is 18.7 Å². The summed E-state index contributed by atoms with van der Waals surface area (Å²) in [5.74, 6) is 0.118. The van der Waals surface area contributed by atoms with Gasteiger partial charge in [0, 0.05) is 33.5 Å². The van der Waals surface area contributed by atoms with Gasteiger partial charge >= 0.3 is 0 Å². The van der Waals surface area contributed by atoms with Crippen LogP contribution in [-0.2, 0) is 9.59 Å². The fourth-order valence-electron chi connectivity index (χ4n) is 0.528. The third kappa shape index (κ3) is 39.7. The van der Waals surface area contributed by atoms with Crippen molar-refractivity contribution in [1.29, 1.82) is 0 Å². The molecule has 4 nitrogen and oxygen atoms in total. The van der Waals surface area contributed by atoms with Crippen LogP contribution in [0.3, 0.4) is 0 Å². The molecule has 0 radical (unpaired) electrons. The van der Waals surface area contributed by atoms with Gasteiger partial charge in [-0.1, -0.05) is 22.3 Å². The molecule has 0 saturated carbocycles. The largest absolute Gasteiger partial charge is 0.352 e. The van der Waals surface area contributed by atoms with Crippen LogP contribution in [0.1, 0.15) is 56.9 Å². The maximum Gasteiger partial charge on any atom is 0.218 e. The van der Waals surface area contributed by atoms with E-state index < -0.39 is 0 Å². The van der Waals surface area contributed by atoms with Gasteiger partial charge in [0.15, 0.2) is 0 Å². The number of hydrogen-bond acceptors (Lipinski definition) is 2. The lowest BCUT2D eigenvalue weighted by molar-refractivity contribution is -0.126. The molecule has 17 heavy (non-hydrogen) atoms. The number of hydrogen-bond donors (Lipinski definition) is 1. The summed E-state index contributed by atoms with van der Waals surface area (Å²) in [7, 11) is 3.45. The van der Waals surface area contributed by atoms with Crippen molar-refractivity contribution in [2.75, 3.05) is 14.1 Å². The van der Waals surface area contributed by atoms with Crippen LogP contribution in [0.15, 0.2) is 0 Å². The minimum Gasteiger partial charge on any atom is -0.352 e. The number of carbonyl (C=O) groups is 2. The molecule has 1 N–H and O–H groups in total. The highest BCUT2D eigenvalue weighted by atomic mass is 16.2. The Balaban J connectivity index is -0.0000000493. The number of carbonyl (C=O) groups excluding carboxylic acids is 2. The van der Waals surface area contributed by atoms with Crippen LogP contribution < -0.4 is 5.32 Å². The Bertz CT molecular complexity index is 194. The van der Waals surface area contributed by atoms with E-state index >= 15 is 0 Å². The second-order valence-corrected chi connectivity index (χ2v) is 4.34. The lowest BCUT2D eigenvalue weighted by Crippen LogP contribution is -2.38. The fraction of sp³-hybridized carbons (Fsp3) is 0.846. The summed E-state index contributed by atoms with van der Waals surface area (Å²) in [5.41, 5.74) is -0.0775. The average Bonchev–Trinajstić information content (AvgIpc) is 1.81. The molecule has 0 unspecified atom stereocenters. The number of rotatable bonds is 0. The zero-order valence-corrected chi connectivity index (χ0v) is 10.3. The van der Waals surface area contributed by atoms with Gasteiger partial charge in [0.2, 0.25) is 11.8 Å². The second-order valence-electron chi connectivity index (χ2n) is 4.34. The molecule has 0 aromatic carbocycles. The zero-order chi connectivity index (χ0) is 11.9. The Morgan fingerprint density at radius 3 is 1.18 bits per heavy atom. The van der Waals surface area contributed by atoms with E-state index in [9.17, 15) is 9.59 Å². The summed E-state index contributed by atoms with van der Waals surface area (Å²) >= 11 is 0. The molecule has 0 saturated heterocycles. The molecule has 0 bridgehead atoms. The predicted octanol–water partition coefficient (Wildman–Crippen LogP) is 2.92. The SMILES string of the molecule is C.C.C.CC(=O)N(C)C.CC(=O)NC(C)(C)C. The predicted molar refractivity (Wildman–Crippen MR) is 78.1 cm³/mol. The average molecular weight is 250 g/mol. The van der Waals surface area contributed by atoms with Crippen LogP contribution in [0, 0.1) is 0 Å². The molecule has 0 heterocycles. The Labute approximate surface area is 109 Å². The Morgan fingerprint density at radius 1 is 0.941 bits per heavy atom. The van der Waals surface area contributed by atoms with Crippen LogP contribution >= 0.6 is 0 Å². The van der Waals surface area contributed by atoms with E-state index in [1.54, 1.807) is 14.1 Å². The van der Waals surface area contributed by atoms with E-state index in [-0.39, 0.29) is 39.6 Å². The van der Waals surface area contributed by atoms with Crippen LogP contribution in [0.4, 0.5) is 0 Å². The summed E-state index contributed by atoms with van der Waals surface area (Å²) in [4.78, 5) is 21.9. The summed E-state index contributed by atoms with van der Waals surface area (Å²) in [5, 5.41) is 2.74. The van der Waals surface area contributed by atoms with Gasteiger partial charge in [0.25, 0.3) is 0 Å². The first kappa shape index (κ1) is 29.7. The van der Waals surface area contributed by atoms with Gasteiger partial charge in [-0.3, -0.25) is 9.59 Å². The smallest absolute Gasteiger partial charge is 0.218 e. The van der Waals surface area contributed by atoms with E-state index in [2.05, 4.69) is 5.32 Å². The van der Waals surface area contributed by atoms with E-state index in [0.29, 0.717) is 0 Å². The van der Waals surface area contributed by atoms with Gasteiger partial charge < -0.3 is 10.2 Å². The Kier molecular flexibility index (Phi) is 22.7. The molecule has 0 rings (SSSR count). The highest BCUT2D eigenvalue weighted by Gasteiger charge is 2.08. The Hall–Kier alpha value is -1.06.